The van der Waals surface area contributed by atoms with E-state index in [0.717, 1.165) is 23.1 Å². The molecule has 1 aromatic heterocycles. The van der Waals surface area contributed by atoms with Crippen LogP contribution in [0.5, 0.6) is 0 Å². The summed E-state index contributed by atoms with van der Waals surface area (Å²) in [5.41, 5.74) is 0.907. The second-order valence-corrected chi connectivity index (χ2v) is 6.52. The highest BCUT2D eigenvalue weighted by atomic mass is 32.1. The van der Waals surface area contributed by atoms with Gasteiger partial charge in [-0.1, -0.05) is 43.7 Å². The topological polar surface area (TPSA) is 60.7 Å². The number of ether oxygens (including phenoxy) is 1. The molecule has 2 rings (SSSR count). The third kappa shape index (κ3) is 4.12. The van der Waals surface area contributed by atoms with Gasteiger partial charge in [-0.3, -0.25) is 4.79 Å². The molecule has 0 saturated heterocycles. The lowest BCUT2D eigenvalue weighted by Gasteiger charge is -2.16. The lowest BCUT2D eigenvalue weighted by molar-refractivity contribution is -0.147. The van der Waals surface area contributed by atoms with Crippen LogP contribution in [0.3, 0.4) is 0 Å². The van der Waals surface area contributed by atoms with Crippen LogP contribution < -0.4 is 4.80 Å². The van der Waals surface area contributed by atoms with Gasteiger partial charge in [-0.25, -0.2) is 4.79 Å². The maximum absolute atomic E-state index is 12.4. The molecule has 1 amide bonds. The maximum Gasteiger partial charge on any atom is 0.329 e. The second-order valence-electron chi connectivity index (χ2n) is 5.51. The van der Waals surface area contributed by atoms with E-state index in [4.69, 9.17) is 4.74 Å². The van der Waals surface area contributed by atoms with Crippen LogP contribution >= 0.6 is 11.3 Å². The molecule has 5 nitrogen and oxygen atoms in total. The summed E-state index contributed by atoms with van der Waals surface area (Å²) in [5.74, 6) is -0.429. The van der Waals surface area contributed by atoms with Gasteiger partial charge in [0.05, 0.1) is 16.8 Å². The Balaban J connectivity index is 2.56. The van der Waals surface area contributed by atoms with E-state index in [0.29, 0.717) is 24.2 Å². The first kappa shape index (κ1) is 18.4. The Morgan fingerprint density at radius 1 is 1.25 bits per heavy atom. The molecule has 1 aromatic carbocycles. The van der Waals surface area contributed by atoms with Gasteiger partial charge in [0, 0.05) is 6.42 Å². The highest BCUT2D eigenvalue weighted by molar-refractivity contribution is 7.16. The van der Waals surface area contributed by atoms with E-state index < -0.39 is 6.04 Å². The molecule has 0 N–H and O–H groups in total. The Morgan fingerprint density at radius 2 is 2.00 bits per heavy atom. The van der Waals surface area contributed by atoms with Crippen LogP contribution in [0.25, 0.3) is 10.2 Å². The summed E-state index contributed by atoms with van der Waals surface area (Å²) in [4.78, 5) is 29.3. The van der Waals surface area contributed by atoms with E-state index in [2.05, 4.69) is 4.99 Å². The Morgan fingerprint density at radius 3 is 2.67 bits per heavy atom. The van der Waals surface area contributed by atoms with Gasteiger partial charge in [-0.2, -0.15) is 4.99 Å². The summed E-state index contributed by atoms with van der Waals surface area (Å²) < 4.78 is 8.06. The van der Waals surface area contributed by atoms with Crippen molar-refractivity contribution in [2.45, 2.75) is 52.5 Å². The Bertz CT molecular complexity index is 776. The first-order valence-corrected chi connectivity index (χ1v) is 9.28. The quantitative estimate of drug-likeness (QED) is 0.714. The third-order valence-electron chi connectivity index (χ3n) is 3.75. The molecule has 130 valence electrons. The second kappa shape index (κ2) is 8.78. The van der Waals surface area contributed by atoms with E-state index >= 15 is 0 Å². The molecule has 1 heterocycles. The zero-order chi connectivity index (χ0) is 17.5. The lowest BCUT2D eigenvalue weighted by Crippen LogP contribution is -2.29. The monoisotopic (exact) mass is 348 g/mol. The van der Waals surface area contributed by atoms with Crippen LogP contribution in [0, 0.1) is 0 Å². The minimum absolute atomic E-state index is 0.143. The molecule has 0 fully saturated rings. The number of unbranched alkanes of at least 4 members (excludes halogenated alkanes) is 1. The van der Waals surface area contributed by atoms with E-state index in [-0.39, 0.29) is 11.9 Å². The first-order valence-electron chi connectivity index (χ1n) is 8.46. The van der Waals surface area contributed by atoms with Gasteiger partial charge >= 0.3 is 5.97 Å². The number of esters is 1. The first-order chi connectivity index (χ1) is 11.6. The van der Waals surface area contributed by atoms with Crippen molar-refractivity contribution in [3.05, 3.63) is 29.1 Å². The van der Waals surface area contributed by atoms with Crippen LogP contribution in [-0.2, 0) is 14.3 Å². The van der Waals surface area contributed by atoms with E-state index in [1.165, 1.54) is 11.3 Å². The molecule has 0 aliphatic heterocycles. The van der Waals surface area contributed by atoms with E-state index in [1.54, 1.807) is 6.92 Å². The molecule has 6 heteroatoms. The van der Waals surface area contributed by atoms with Crippen molar-refractivity contribution >= 4 is 33.4 Å². The van der Waals surface area contributed by atoms with Crippen LogP contribution in [0.15, 0.2) is 29.3 Å². The number of hydrogen-bond donors (Lipinski definition) is 0. The van der Waals surface area contributed by atoms with Crippen LogP contribution in [0.1, 0.15) is 52.5 Å². The van der Waals surface area contributed by atoms with Gasteiger partial charge in [-0.15, -0.1) is 0 Å². The minimum Gasteiger partial charge on any atom is -0.464 e. The number of fused-ring (bicyclic) bond motifs is 1. The number of amides is 1. The molecule has 1 unspecified atom stereocenters. The van der Waals surface area contributed by atoms with Crippen LogP contribution in [0.4, 0.5) is 0 Å². The Kier molecular flexibility index (Phi) is 6.73. The van der Waals surface area contributed by atoms with Crippen molar-refractivity contribution in [1.29, 1.82) is 0 Å². The average molecular weight is 348 g/mol. The lowest BCUT2D eigenvalue weighted by atomic mass is 10.2. The number of carbonyl (C=O) groups is 2. The number of nitrogens with zero attached hydrogens (tertiary/aromatic N) is 2. The molecule has 0 aliphatic rings. The zero-order valence-electron chi connectivity index (χ0n) is 14.4. The Labute approximate surface area is 146 Å². The number of carbonyl (C=O) groups excluding carboxylic acids is 2. The van der Waals surface area contributed by atoms with Crippen molar-refractivity contribution in [2.75, 3.05) is 6.61 Å². The fourth-order valence-electron chi connectivity index (χ4n) is 2.55. The molecule has 0 saturated carbocycles. The molecule has 0 radical (unpaired) electrons. The van der Waals surface area contributed by atoms with Crippen molar-refractivity contribution in [1.82, 2.24) is 4.57 Å². The molecule has 0 spiro atoms. The number of aromatic nitrogens is 1. The predicted octanol–water partition coefficient (Wildman–Crippen LogP) is 3.83. The highest BCUT2D eigenvalue weighted by Crippen LogP contribution is 2.23. The standard InChI is InChI=1S/C18H24N2O3S/c1-4-7-12-16(21)19-18-20(13(5-2)17(22)23-6-3)14-10-8-9-11-15(14)24-18/h8-11,13H,4-7,12H2,1-3H3/b19-18-. The summed E-state index contributed by atoms with van der Waals surface area (Å²) in [5, 5.41) is 0. The van der Waals surface area contributed by atoms with Crippen molar-refractivity contribution in [3.63, 3.8) is 0 Å². The minimum atomic E-state index is -0.473. The fourth-order valence-corrected chi connectivity index (χ4v) is 3.64. The van der Waals surface area contributed by atoms with Gasteiger partial charge in [0.1, 0.15) is 6.04 Å². The molecule has 2 aromatic rings. The van der Waals surface area contributed by atoms with Gasteiger partial charge in [0.15, 0.2) is 4.80 Å². The van der Waals surface area contributed by atoms with Gasteiger partial charge in [0.2, 0.25) is 5.91 Å². The summed E-state index contributed by atoms with van der Waals surface area (Å²) in [6.07, 6.45) is 2.78. The van der Waals surface area contributed by atoms with Crippen LogP contribution in [-0.4, -0.2) is 23.1 Å². The summed E-state index contributed by atoms with van der Waals surface area (Å²) in [6, 6.07) is 7.31. The molecule has 0 aliphatic carbocycles. The summed E-state index contributed by atoms with van der Waals surface area (Å²) in [6.45, 7) is 6.10. The van der Waals surface area contributed by atoms with E-state index in [1.807, 2.05) is 42.7 Å². The summed E-state index contributed by atoms with van der Waals surface area (Å²) in [7, 11) is 0. The van der Waals surface area contributed by atoms with Crippen LogP contribution in [0.2, 0.25) is 0 Å². The number of para-hydroxylation sites is 1. The average Bonchev–Trinajstić information content (AvgIpc) is 2.92. The summed E-state index contributed by atoms with van der Waals surface area (Å²) >= 11 is 1.43. The van der Waals surface area contributed by atoms with Gasteiger partial charge < -0.3 is 9.30 Å². The number of hydrogen-bond acceptors (Lipinski definition) is 4. The van der Waals surface area contributed by atoms with Crippen molar-refractivity contribution in [3.8, 4) is 0 Å². The van der Waals surface area contributed by atoms with Gasteiger partial charge in [0.25, 0.3) is 0 Å². The fraction of sp³-hybridized carbons (Fsp3) is 0.500. The number of benzene rings is 1. The molecular weight excluding hydrogens is 324 g/mol. The van der Waals surface area contributed by atoms with E-state index in [9.17, 15) is 9.59 Å². The van der Waals surface area contributed by atoms with Crippen molar-refractivity contribution < 1.29 is 14.3 Å². The maximum atomic E-state index is 12.4. The normalized spacial score (nSPS) is 13.2. The SMILES string of the molecule is CCCCC(=O)/N=c1\sc2ccccc2n1C(CC)C(=O)OCC. The molecular formula is C18H24N2O3S. The molecule has 0 bridgehead atoms. The Hall–Kier alpha value is -1.95. The van der Waals surface area contributed by atoms with Crippen molar-refractivity contribution in [2.24, 2.45) is 4.99 Å². The highest BCUT2D eigenvalue weighted by Gasteiger charge is 2.23. The molecule has 1 atom stereocenters. The zero-order valence-corrected chi connectivity index (χ0v) is 15.3. The number of thiazole rings is 1. The molecule has 24 heavy (non-hydrogen) atoms. The third-order valence-corrected chi connectivity index (χ3v) is 4.79. The van der Waals surface area contributed by atoms with Gasteiger partial charge in [-0.05, 0) is 31.9 Å². The number of rotatable bonds is 7. The largest absolute Gasteiger partial charge is 0.464 e. The predicted molar refractivity (Wildman–Crippen MR) is 95.9 cm³/mol. The smallest absolute Gasteiger partial charge is 0.329 e.